The maximum Gasteiger partial charge on any atom is 0.283 e. The molecule has 0 spiro atoms. The number of nitrogens with zero attached hydrogens (tertiary/aromatic N) is 2. The lowest BCUT2D eigenvalue weighted by Gasteiger charge is -2.08. The van der Waals surface area contributed by atoms with Gasteiger partial charge in [-0.15, -0.1) is 0 Å². The van der Waals surface area contributed by atoms with E-state index in [-0.39, 0.29) is 0 Å². The number of imidazole rings is 1. The second-order valence-electron chi connectivity index (χ2n) is 8.44. The van der Waals surface area contributed by atoms with Gasteiger partial charge in [-0.1, -0.05) is 45.4 Å². The highest BCUT2D eigenvalue weighted by Gasteiger charge is 2.23. The number of aryl methyl sites for hydroxylation is 2. The van der Waals surface area contributed by atoms with E-state index < -0.39 is 0 Å². The summed E-state index contributed by atoms with van der Waals surface area (Å²) in [6, 6.07) is 15.2. The van der Waals surface area contributed by atoms with Crippen molar-refractivity contribution in [2.24, 2.45) is 13.0 Å². The van der Waals surface area contributed by atoms with Crippen molar-refractivity contribution in [3.8, 4) is 5.75 Å². The summed E-state index contributed by atoms with van der Waals surface area (Å²) in [5.74, 6) is 2.74. The summed E-state index contributed by atoms with van der Waals surface area (Å²) in [5, 5.41) is 0. The third-order valence-electron chi connectivity index (χ3n) is 5.45. The first kappa shape index (κ1) is 22.4. The van der Waals surface area contributed by atoms with Crippen LogP contribution in [0.15, 0.2) is 42.5 Å². The third-order valence-corrected chi connectivity index (χ3v) is 5.45. The predicted molar refractivity (Wildman–Crippen MR) is 123 cm³/mol. The van der Waals surface area contributed by atoms with Crippen molar-refractivity contribution in [3.05, 3.63) is 59.4 Å². The molecule has 0 saturated carbocycles. The average molecular weight is 410 g/mol. The summed E-state index contributed by atoms with van der Waals surface area (Å²) in [5.41, 5.74) is 5.26. The topological polar surface area (TPSA) is 27.3 Å². The molecule has 3 rings (SSSR count). The molecule has 0 N–H and O–H groups in total. The van der Waals surface area contributed by atoms with Gasteiger partial charge in [0, 0.05) is 0 Å². The quantitative estimate of drug-likeness (QED) is 0.320. The van der Waals surface area contributed by atoms with Gasteiger partial charge in [0.1, 0.15) is 12.4 Å². The van der Waals surface area contributed by atoms with Crippen LogP contribution in [0.4, 0.5) is 0 Å². The molecule has 0 saturated heterocycles. The predicted octanol–water partition coefficient (Wildman–Crippen LogP) is 5.23. The van der Waals surface area contributed by atoms with E-state index in [1.807, 2.05) is 13.0 Å². The molecule has 0 fully saturated rings. The van der Waals surface area contributed by atoms with Crippen molar-refractivity contribution in [2.75, 3.05) is 13.2 Å². The highest BCUT2D eigenvalue weighted by molar-refractivity contribution is 5.73. The summed E-state index contributed by atoms with van der Waals surface area (Å²) < 4.78 is 16.5. The van der Waals surface area contributed by atoms with E-state index in [9.17, 15) is 0 Å². The SMILES string of the molecule is CCCc1ccc2c(c1)n(CC(C)C)c(COCCc1cccc(OCC)c1)[n+]2C. The van der Waals surface area contributed by atoms with Crippen LogP contribution in [0.5, 0.6) is 5.75 Å². The van der Waals surface area contributed by atoms with Gasteiger partial charge in [0.05, 0.1) is 26.8 Å². The van der Waals surface area contributed by atoms with E-state index in [0.29, 0.717) is 25.7 Å². The molecule has 0 amide bonds. The number of benzene rings is 2. The number of fused-ring (bicyclic) bond motifs is 1. The van der Waals surface area contributed by atoms with Gasteiger partial charge in [-0.3, -0.25) is 0 Å². The van der Waals surface area contributed by atoms with Gasteiger partial charge in [0.25, 0.3) is 5.82 Å². The van der Waals surface area contributed by atoms with Crippen molar-refractivity contribution in [2.45, 2.75) is 60.1 Å². The zero-order valence-electron chi connectivity index (χ0n) is 19.3. The van der Waals surface area contributed by atoms with Gasteiger partial charge in [-0.05, 0) is 61.1 Å². The molecule has 4 heteroatoms. The zero-order chi connectivity index (χ0) is 21.5. The Hall–Kier alpha value is -2.33. The number of hydrogen-bond donors (Lipinski definition) is 0. The Kier molecular flexibility index (Phi) is 7.92. The van der Waals surface area contributed by atoms with Crippen LogP contribution < -0.4 is 9.30 Å². The second kappa shape index (κ2) is 10.6. The molecule has 162 valence electrons. The lowest BCUT2D eigenvalue weighted by atomic mass is 10.1. The molecule has 30 heavy (non-hydrogen) atoms. The van der Waals surface area contributed by atoms with Crippen molar-refractivity contribution < 1.29 is 14.0 Å². The summed E-state index contributed by atoms with van der Waals surface area (Å²) in [6.07, 6.45) is 3.18. The highest BCUT2D eigenvalue weighted by atomic mass is 16.5. The van der Waals surface area contributed by atoms with Crippen LogP contribution in [0, 0.1) is 5.92 Å². The van der Waals surface area contributed by atoms with Gasteiger partial charge in [0.2, 0.25) is 0 Å². The molecule has 0 aliphatic rings. The smallest absolute Gasteiger partial charge is 0.283 e. The normalized spacial score (nSPS) is 11.5. The minimum absolute atomic E-state index is 0.579. The minimum atomic E-state index is 0.579. The Bertz CT molecular complexity index is 959. The van der Waals surface area contributed by atoms with Gasteiger partial charge < -0.3 is 9.47 Å². The minimum Gasteiger partial charge on any atom is -0.494 e. The van der Waals surface area contributed by atoms with Crippen LogP contribution in [0.1, 0.15) is 51.1 Å². The van der Waals surface area contributed by atoms with Crippen molar-refractivity contribution in [1.82, 2.24) is 4.57 Å². The number of rotatable bonds is 11. The Labute approximate surface area is 181 Å². The van der Waals surface area contributed by atoms with Gasteiger partial charge in [-0.2, -0.15) is 0 Å². The molecule has 0 unspecified atom stereocenters. The lowest BCUT2D eigenvalue weighted by molar-refractivity contribution is -0.656. The van der Waals surface area contributed by atoms with Crippen molar-refractivity contribution in [1.29, 1.82) is 0 Å². The van der Waals surface area contributed by atoms with Crippen LogP contribution in [-0.4, -0.2) is 17.8 Å². The summed E-state index contributed by atoms with van der Waals surface area (Å²) >= 11 is 0. The van der Waals surface area contributed by atoms with Crippen LogP contribution in [0.2, 0.25) is 0 Å². The van der Waals surface area contributed by atoms with E-state index in [0.717, 1.165) is 25.1 Å². The molecule has 2 aromatic carbocycles. The summed E-state index contributed by atoms with van der Waals surface area (Å²) in [7, 11) is 2.16. The van der Waals surface area contributed by atoms with Gasteiger partial charge >= 0.3 is 0 Å². The fourth-order valence-electron chi connectivity index (χ4n) is 4.03. The number of ether oxygens (including phenoxy) is 2. The Morgan fingerprint density at radius 3 is 2.53 bits per heavy atom. The molecule has 1 aromatic heterocycles. The summed E-state index contributed by atoms with van der Waals surface area (Å²) in [4.78, 5) is 0. The van der Waals surface area contributed by atoms with E-state index in [1.165, 1.54) is 34.4 Å². The molecule has 0 aliphatic heterocycles. The fourth-order valence-corrected chi connectivity index (χ4v) is 4.03. The standard InChI is InChI=1S/C26H37N2O2/c1-6-9-21-12-13-24-25(17-21)28(18-20(3)4)26(27(24)5)19-29-15-14-22-10-8-11-23(16-22)30-7-2/h8,10-13,16-17,20H,6-7,9,14-15,18-19H2,1-5H3/q+1. The molecule has 3 aromatic rings. The first-order chi connectivity index (χ1) is 14.5. The second-order valence-corrected chi connectivity index (χ2v) is 8.44. The Morgan fingerprint density at radius 1 is 1.00 bits per heavy atom. The lowest BCUT2D eigenvalue weighted by Crippen LogP contribution is -2.34. The van der Waals surface area contributed by atoms with E-state index in [2.05, 4.69) is 73.4 Å². The Balaban J connectivity index is 1.74. The fraction of sp³-hybridized carbons (Fsp3) is 0.500. The summed E-state index contributed by atoms with van der Waals surface area (Å²) in [6.45, 7) is 11.8. The molecule has 4 nitrogen and oxygen atoms in total. The maximum absolute atomic E-state index is 6.15. The number of aromatic nitrogens is 2. The van der Waals surface area contributed by atoms with Crippen LogP contribution in [-0.2, 0) is 37.8 Å². The zero-order valence-corrected chi connectivity index (χ0v) is 19.3. The van der Waals surface area contributed by atoms with Gasteiger partial charge in [0.15, 0.2) is 11.0 Å². The highest BCUT2D eigenvalue weighted by Crippen LogP contribution is 2.20. The first-order valence-corrected chi connectivity index (χ1v) is 11.3. The molecule has 0 aliphatic carbocycles. The third kappa shape index (κ3) is 5.42. The largest absolute Gasteiger partial charge is 0.494 e. The molecular formula is C26H37N2O2+. The van der Waals surface area contributed by atoms with E-state index >= 15 is 0 Å². The molecular weight excluding hydrogens is 372 g/mol. The average Bonchev–Trinajstić information content (AvgIpc) is 2.97. The first-order valence-electron chi connectivity index (χ1n) is 11.3. The van der Waals surface area contributed by atoms with Crippen LogP contribution in [0.3, 0.4) is 0 Å². The molecule has 0 bridgehead atoms. The molecule has 1 heterocycles. The Morgan fingerprint density at radius 2 is 1.80 bits per heavy atom. The van der Waals surface area contributed by atoms with Crippen molar-refractivity contribution >= 4 is 11.0 Å². The van der Waals surface area contributed by atoms with E-state index in [1.54, 1.807) is 0 Å². The van der Waals surface area contributed by atoms with Crippen LogP contribution in [0.25, 0.3) is 11.0 Å². The molecule has 0 radical (unpaired) electrons. The van der Waals surface area contributed by atoms with Crippen molar-refractivity contribution in [3.63, 3.8) is 0 Å². The maximum atomic E-state index is 6.15. The van der Waals surface area contributed by atoms with Gasteiger partial charge in [-0.25, -0.2) is 9.13 Å². The number of hydrogen-bond acceptors (Lipinski definition) is 2. The molecule has 0 atom stereocenters. The van der Waals surface area contributed by atoms with E-state index in [4.69, 9.17) is 9.47 Å². The van der Waals surface area contributed by atoms with Crippen LogP contribution >= 0.6 is 0 Å². The monoisotopic (exact) mass is 409 g/mol.